The molecule has 0 bridgehead atoms. The maximum absolute atomic E-state index is 6.77. The molecule has 0 spiro atoms. The largest absolute Gasteiger partial charge is 0.456 e. The van der Waals surface area contributed by atoms with E-state index in [1.165, 1.54) is 10.8 Å². The SMILES string of the molecule is c1ccc2c(-c3nc4ccc5ccc6ccc(N(c7cccc8ccccc78)c7cccc8oc9ccccc9c78)cc6c5c4o3)cccc2c1. The number of hydrogen-bond donors (Lipinski definition) is 0. The van der Waals surface area contributed by atoms with Crippen molar-refractivity contribution in [2.75, 3.05) is 4.90 Å². The van der Waals surface area contributed by atoms with Gasteiger partial charge in [0.15, 0.2) is 5.58 Å². The lowest BCUT2D eigenvalue weighted by Gasteiger charge is -2.28. The highest BCUT2D eigenvalue weighted by Crippen LogP contribution is 2.46. The summed E-state index contributed by atoms with van der Waals surface area (Å²) >= 11 is 0. The van der Waals surface area contributed by atoms with E-state index in [0.717, 1.165) is 88.0 Å². The topological polar surface area (TPSA) is 42.4 Å². The third-order valence-electron chi connectivity index (χ3n) is 10.2. The number of oxazole rings is 1. The van der Waals surface area contributed by atoms with Gasteiger partial charge < -0.3 is 13.7 Å². The molecular formula is C47H28N2O2. The van der Waals surface area contributed by atoms with E-state index >= 15 is 0 Å². The quantitative estimate of drug-likeness (QED) is 0.177. The Morgan fingerprint density at radius 2 is 1.04 bits per heavy atom. The molecule has 2 aromatic heterocycles. The van der Waals surface area contributed by atoms with E-state index in [1.807, 2.05) is 12.1 Å². The van der Waals surface area contributed by atoms with E-state index in [1.54, 1.807) is 0 Å². The number of rotatable bonds is 4. The lowest BCUT2D eigenvalue weighted by atomic mass is 9.99. The van der Waals surface area contributed by atoms with Gasteiger partial charge in [0.25, 0.3) is 0 Å². The van der Waals surface area contributed by atoms with Gasteiger partial charge in [-0.1, -0.05) is 121 Å². The molecule has 0 amide bonds. The van der Waals surface area contributed by atoms with E-state index in [0.29, 0.717) is 5.89 Å². The summed E-state index contributed by atoms with van der Waals surface area (Å²) < 4.78 is 13.2. The van der Waals surface area contributed by atoms with Crippen LogP contribution in [0.25, 0.3) is 87.6 Å². The molecule has 0 saturated heterocycles. The van der Waals surface area contributed by atoms with Gasteiger partial charge in [0.2, 0.25) is 5.89 Å². The van der Waals surface area contributed by atoms with Crippen molar-refractivity contribution in [1.82, 2.24) is 4.98 Å². The molecule has 0 radical (unpaired) electrons. The number of benzene rings is 9. The second kappa shape index (κ2) is 10.8. The van der Waals surface area contributed by atoms with Gasteiger partial charge in [0, 0.05) is 27.4 Å². The van der Waals surface area contributed by atoms with Gasteiger partial charge in [0.05, 0.1) is 16.8 Å². The van der Waals surface area contributed by atoms with Crippen LogP contribution in [-0.2, 0) is 0 Å². The van der Waals surface area contributed by atoms with Crippen LogP contribution in [0.5, 0.6) is 0 Å². The van der Waals surface area contributed by atoms with E-state index in [4.69, 9.17) is 13.8 Å². The summed E-state index contributed by atoms with van der Waals surface area (Å²) in [5.74, 6) is 0.623. The van der Waals surface area contributed by atoms with Crippen molar-refractivity contribution in [3.05, 3.63) is 170 Å². The van der Waals surface area contributed by atoms with Crippen molar-refractivity contribution in [2.24, 2.45) is 0 Å². The zero-order valence-corrected chi connectivity index (χ0v) is 27.4. The smallest absolute Gasteiger partial charge is 0.227 e. The predicted molar refractivity (Wildman–Crippen MR) is 211 cm³/mol. The Kier molecular flexibility index (Phi) is 5.92. The third-order valence-corrected chi connectivity index (χ3v) is 10.2. The first-order valence-electron chi connectivity index (χ1n) is 17.2. The third kappa shape index (κ3) is 4.23. The van der Waals surface area contributed by atoms with Gasteiger partial charge in [0.1, 0.15) is 16.7 Å². The zero-order valence-electron chi connectivity index (χ0n) is 27.4. The van der Waals surface area contributed by atoms with E-state index in [2.05, 4.69) is 163 Å². The van der Waals surface area contributed by atoms with Gasteiger partial charge in [-0.05, 0) is 80.8 Å². The second-order valence-electron chi connectivity index (χ2n) is 13.1. The van der Waals surface area contributed by atoms with Crippen LogP contribution < -0.4 is 4.90 Å². The Bertz CT molecular complexity index is 3160. The maximum Gasteiger partial charge on any atom is 0.227 e. The lowest BCUT2D eigenvalue weighted by molar-refractivity contribution is 0.624. The zero-order chi connectivity index (χ0) is 33.5. The molecule has 9 aromatic carbocycles. The minimum Gasteiger partial charge on any atom is -0.456 e. The molecule has 238 valence electrons. The highest BCUT2D eigenvalue weighted by molar-refractivity contribution is 6.20. The number of nitrogens with zero attached hydrogens (tertiary/aromatic N) is 2. The highest BCUT2D eigenvalue weighted by atomic mass is 16.3. The summed E-state index contributed by atoms with van der Waals surface area (Å²) in [5, 5.41) is 11.2. The summed E-state index contributed by atoms with van der Waals surface area (Å²) in [6, 6.07) is 59.7. The Morgan fingerprint density at radius 3 is 1.94 bits per heavy atom. The summed E-state index contributed by atoms with van der Waals surface area (Å²) in [7, 11) is 0. The number of furan rings is 1. The fourth-order valence-corrected chi connectivity index (χ4v) is 7.93. The normalized spacial score (nSPS) is 11.9. The Labute approximate surface area is 292 Å². The number of para-hydroxylation sites is 1. The van der Waals surface area contributed by atoms with Crippen LogP contribution >= 0.6 is 0 Å². The number of aromatic nitrogens is 1. The number of anilines is 3. The average Bonchev–Trinajstić information content (AvgIpc) is 3.80. The van der Waals surface area contributed by atoms with Crippen molar-refractivity contribution < 1.29 is 8.83 Å². The van der Waals surface area contributed by atoms with Crippen LogP contribution in [0.15, 0.2) is 179 Å². The van der Waals surface area contributed by atoms with Gasteiger partial charge in [-0.15, -0.1) is 0 Å². The molecule has 4 nitrogen and oxygen atoms in total. The van der Waals surface area contributed by atoms with E-state index < -0.39 is 0 Å². The fraction of sp³-hybridized carbons (Fsp3) is 0. The van der Waals surface area contributed by atoms with Crippen molar-refractivity contribution in [3.63, 3.8) is 0 Å². The van der Waals surface area contributed by atoms with Gasteiger partial charge in [-0.2, -0.15) is 0 Å². The molecule has 51 heavy (non-hydrogen) atoms. The molecule has 11 rings (SSSR count). The van der Waals surface area contributed by atoms with Crippen molar-refractivity contribution in [2.45, 2.75) is 0 Å². The van der Waals surface area contributed by atoms with Crippen LogP contribution in [0.1, 0.15) is 0 Å². The molecule has 0 saturated carbocycles. The van der Waals surface area contributed by atoms with Gasteiger partial charge in [-0.25, -0.2) is 4.98 Å². The van der Waals surface area contributed by atoms with Crippen molar-refractivity contribution in [1.29, 1.82) is 0 Å². The minimum atomic E-state index is 0.623. The van der Waals surface area contributed by atoms with Crippen LogP contribution in [0.2, 0.25) is 0 Å². The molecule has 0 atom stereocenters. The summed E-state index contributed by atoms with van der Waals surface area (Å²) in [4.78, 5) is 7.43. The molecule has 0 fully saturated rings. The summed E-state index contributed by atoms with van der Waals surface area (Å²) in [6.07, 6.45) is 0. The lowest BCUT2D eigenvalue weighted by Crippen LogP contribution is -2.11. The second-order valence-corrected chi connectivity index (χ2v) is 13.1. The van der Waals surface area contributed by atoms with Gasteiger partial charge in [-0.3, -0.25) is 0 Å². The number of fused-ring (bicyclic) bond motifs is 10. The fourth-order valence-electron chi connectivity index (χ4n) is 7.93. The first kappa shape index (κ1) is 28.0. The van der Waals surface area contributed by atoms with Crippen molar-refractivity contribution in [3.8, 4) is 11.5 Å². The average molecular weight is 653 g/mol. The first-order chi connectivity index (χ1) is 25.3. The first-order valence-corrected chi connectivity index (χ1v) is 17.2. The predicted octanol–water partition coefficient (Wildman–Crippen LogP) is 13.5. The molecule has 0 unspecified atom stereocenters. The monoisotopic (exact) mass is 652 g/mol. The minimum absolute atomic E-state index is 0.623. The number of hydrogen-bond acceptors (Lipinski definition) is 4. The van der Waals surface area contributed by atoms with Crippen molar-refractivity contribution >= 4 is 93.2 Å². The van der Waals surface area contributed by atoms with Gasteiger partial charge >= 0.3 is 0 Å². The summed E-state index contributed by atoms with van der Waals surface area (Å²) in [5.41, 5.74) is 7.52. The molecule has 0 aliphatic rings. The van der Waals surface area contributed by atoms with Crippen LogP contribution in [0.3, 0.4) is 0 Å². The molecular weight excluding hydrogens is 625 g/mol. The molecule has 2 heterocycles. The standard InChI is InChI=1S/C47H28N2O2/c1-3-14-34-29(10-1)12-7-17-36(34)47-48-39-27-25-32-23-22-31-24-26-33(28-38(31)44(32)46(39)51-47)49(40-18-8-13-30-11-2-4-15-35(30)40)41-19-9-21-43-45(41)37-16-5-6-20-42(37)50-43/h1-28H. The molecule has 0 aliphatic carbocycles. The molecule has 0 N–H and O–H groups in total. The Hall–Kier alpha value is -6.91. The highest BCUT2D eigenvalue weighted by Gasteiger charge is 2.22. The van der Waals surface area contributed by atoms with E-state index in [9.17, 15) is 0 Å². The van der Waals surface area contributed by atoms with E-state index in [-0.39, 0.29) is 0 Å². The molecule has 11 aromatic rings. The summed E-state index contributed by atoms with van der Waals surface area (Å²) in [6.45, 7) is 0. The van der Waals surface area contributed by atoms with Crippen LogP contribution in [0.4, 0.5) is 17.1 Å². The molecule has 4 heteroatoms. The van der Waals surface area contributed by atoms with Crippen LogP contribution in [-0.4, -0.2) is 4.98 Å². The molecule has 0 aliphatic heterocycles. The van der Waals surface area contributed by atoms with Crippen LogP contribution in [0, 0.1) is 0 Å². The maximum atomic E-state index is 6.77. The Balaban J connectivity index is 1.20. The Morgan fingerprint density at radius 1 is 0.412 bits per heavy atom.